The fourth-order valence-corrected chi connectivity index (χ4v) is 3.18. The average Bonchev–Trinajstić information content (AvgIpc) is 3.19. The number of rotatable bonds is 4. The van der Waals surface area contributed by atoms with Crippen LogP contribution in [0.1, 0.15) is 50.9 Å². The van der Waals surface area contributed by atoms with Crippen LogP contribution >= 0.6 is 0 Å². The number of hydrogen-bond acceptors (Lipinski definition) is 6. The summed E-state index contributed by atoms with van der Waals surface area (Å²) in [4.78, 5) is 29.7. The van der Waals surface area contributed by atoms with Gasteiger partial charge < -0.3 is 18.8 Å². The smallest absolute Gasteiger partial charge is 0.412 e. The van der Waals surface area contributed by atoms with Crippen molar-refractivity contribution < 1.29 is 23.5 Å². The number of oxazole rings is 1. The summed E-state index contributed by atoms with van der Waals surface area (Å²) in [7, 11) is 0. The predicted molar refractivity (Wildman–Crippen MR) is 107 cm³/mol. The Labute approximate surface area is 170 Å². The molecule has 0 saturated carbocycles. The van der Waals surface area contributed by atoms with Gasteiger partial charge in [0.15, 0.2) is 18.8 Å². The Morgan fingerprint density at radius 2 is 2.03 bits per heavy atom. The molecule has 3 rings (SSSR count). The van der Waals surface area contributed by atoms with E-state index in [1.807, 2.05) is 45.0 Å². The molecule has 2 heterocycles. The second kappa shape index (κ2) is 8.98. The zero-order chi connectivity index (χ0) is 20.9. The maximum atomic E-state index is 12.3. The number of likely N-dealkylation sites (tertiary alicyclic amines) is 1. The summed E-state index contributed by atoms with van der Waals surface area (Å²) < 4.78 is 15.6. The first kappa shape index (κ1) is 20.7. The highest BCUT2D eigenvalue weighted by atomic mass is 16.6. The molecule has 0 unspecified atom stereocenters. The molecule has 156 valence electrons. The number of carbonyl (C=O) groups excluding carboxylic acids is 2. The normalized spacial score (nSPS) is 16.9. The van der Waals surface area contributed by atoms with Crippen LogP contribution in [-0.4, -0.2) is 40.8 Å². The fraction of sp³-hybridized carbons (Fsp3) is 0.476. The van der Waals surface area contributed by atoms with Crippen molar-refractivity contribution >= 4 is 17.9 Å². The molecule has 1 N–H and O–H groups in total. The number of aromatic nitrogens is 1. The van der Waals surface area contributed by atoms with E-state index >= 15 is 0 Å². The Kier molecular flexibility index (Phi) is 6.41. The van der Waals surface area contributed by atoms with E-state index in [2.05, 4.69) is 10.3 Å². The van der Waals surface area contributed by atoms with Crippen molar-refractivity contribution in [3.8, 4) is 0 Å². The number of anilines is 1. The summed E-state index contributed by atoms with van der Waals surface area (Å²) in [6.07, 6.45) is 3.87. The summed E-state index contributed by atoms with van der Waals surface area (Å²) in [5.41, 5.74) is 1.26. The Balaban J connectivity index is 1.52. The predicted octanol–water partition coefficient (Wildman–Crippen LogP) is 4.54. The van der Waals surface area contributed by atoms with Crippen LogP contribution in [0, 0.1) is 0 Å². The van der Waals surface area contributed by atoms with Crippen LogP contribution in [0.4, 0.5) is 15.3 Å². The summed E-state index contributed by atoms with van der Waals surface area (Å²) in [6, 6.07) is 7.60. The third kappa shape index (κ3) is 6.23. The molecule has 0 bridgehead atoms. The van der Waals surface area contributed by atoms with Gasteiger partial charge in [0, 0.05) is 24.7 Å². The minimum atomic E-state index is -0.567. The van der Waals surface area contributed by atoms with Gasteiger partial charge >= 0.3 is 12.2 Å². The standard InChI is InChI=1S/C21H27N3O5/c1-21(2,3)29-20(26)24-10-4-5-16(12-24)15-6-8-17(9-7-15)23-19(25)27-13-18-11-22-14-28-18/h6-9,11,14,16H,4-5,10,12-13H2,1-3H3,(H,23,25)/t16-/m1/s1. The van der Waals surface area contributed by atoms with E-state index in [1.54, 1.807) is 4.90 Å². The third-order valence-corrected chi connectivity index (χ3v) is 4.53. The molecule has 8 heteroatoms. The molecule has 2 amide bonds. The van der Waals surface area contributed by atoms with E-state index in [-0.39, 0.29) is 18.6 Å². The first-order chi connectivity index (χ1) is 13.8. The van der Waals surface area contributed by atoms with Crippen molar-refractivity contribution in [1.82, 2.24) is 9.88 Å². The zero-order valence-electron chi connectivity index (χ0n) is 17.0. The van der Waals surface area contributed by atoms with Crippen LogP contribution in [0.2, 0.25) is 0 Å². The molecule has 1 fully saturated rings. The van der Waals surface area contributed by atoms with Crippen LogP contribution in [0.15, 0.2) is 41.3 Å². The second-order valence-electron chi connectivity index (χ2n) is 8.06. The summed E-state index contributed by atoms with van der Waals surface area (Å²) >= 11 is 0. The number of hydrogen-bond donors (Lipinski definition) is 1. The van der Waals surface area contributed by atoms with Crippen molar-refractivity contribution in [1.29, 1.82) is 0 Å². The van der Waals surface area contributed by atoms with Crippen LogP contribution in [-0.2, 0) is 16.1 Å². The zero-order valence-corrected chi connectivity index (χ0v) is 17.0. The minimum Gasteiger partial charge on any atom is -0.445 e. The topological polar surface area (TPSA) is 93.9 Å². The lowest BCUT2D eigenvalue weighted by Crippen LogP contribution is -2.42. The molecular weight excluding hydrogens is 374 g/mol. The number of piperidine rings is 1. The maximum absolute atomic E-state index is 12.3. The van der Waals surface area contributed by atoms with Gasteiger partial charge in [-0.15, -0.1) is 0 Å². The number of carbonyl (C=O) groups is 2. The van der Waals surface area contributed by atoms with E-state index in [4.69, 9.17) is 13.9 Å². The molecule has 0 spiro atoms. The third-order valence-electron chi connectivity index (χ3n) is 4.53. The van der Waals surface area contributed by atoms with Crippen LogP contribution in [0.3, 0.4) is 0 Å². The van der Waals surface area contributed by atoms with E-state index in [1.165, 1.54) is 12.6 Å². The van der Waals surface area contributed by atoms with Crippen molar-refractivity contribution in [2.75, 3.05) is 18.4 Å². The Morgan fingerprint density at radius 1 is 1.28 bits per heavy atom. The van der Waals surface area contributed by atoms with Crippen molar-refractivity contribution in [3.05, 3.63) is 48.2 Å². The van der Waals surface area contributed by atoms with E-state index in [9.17, 15) is 9.59 Å². The van der Waals surface area contributed by atoms with Gasteiger partial charge in [-0.25, -0.2) is 14.6 Å². The molecule has 1 saturated heterocycles. The van der Waals surface area contributed by atoms with Crippen molar-refractivity contribution in [2.45, 2.75) is 51.7 Å². The Hall–Kier alpha value is -3.03. The summed E-state index contributed by atoms with van der Waals surface area (Å²) in [5, 5.41) is 2.68. The highest BCUT2D eigenvalue weighted by Gasteiger charge is 2.28. The van der Waals surface area contributed by atoms with Crippen LogP contribution in [0.5, 0.6) is 0 Å². The van der Waals surface area contributed by atoms with Gasteiger partial charge in [0.05, 0.1) is 6.20 Å². The fourth-order valence-electron chi connectivity index (χ4n) is 3.18. The van der Waals surface area contributed by atoms with Gasteiger partial charge in [-0.3, -0.25) is 5.32 Å². The van der Waals surface area contributed by atoms with Gasteiger partial charge in [0.25, 0.3) is 0 Å². The van der Waals surface area contributed by atoms with Gasteiger partial charge in [-0.2, -0.15) is 0 Å². The molecule has 8 nitrogen and oxygen atoms in total. The van der Waals surface area contributed by atoms with Gasteiger partial charge in [-0.05, 0) is 51.3 Å². The highest BCUT2D eigenvalue weighted by Crippen LogP contribution is 2.28. The largest absolute Gasteiger partial charge is 0.445 e. The van der Waals surface area contributed by atoms with Gasteiger partial charge in [0.2, 0.25) is 0 Å². The van der Waals surface area contributed by atoms with E-state index < -0.39 is 11.7 Å². The lowest BCUT2D eigenvalue weighted by atomic mass is 9.91. The van der Waals surface area contributed by atoms with Crippen molar-refractivity contribution in [2.24, 2.45) is 0 Å². The lowest BCUT2D eigenvalue weighted by molar-refractivity contribution is 0.0198. The monoisotopic (exact) mass is 401 g/mol. The highest BCUT2D eigenvalue weighted by molar-refractivity contribution is 5.84. The first-order valence-electron chi connectivity index (χ1n) is 9.69. The van der Waals surface area contributed by atoms with Crippen LogP contribution < -0.4 is 5.32 Å². The number of ether oxygens (including phenoxy) is 2. The maximum Gasteiger partial charge on any atom is 0.412 e. The first-order valence-corrected chi connectivity index (χ1v) is 9.69. The molecule has 0 radical (unpaired) electrons. The Morgan fingerprint density at radius 3 is 2.69 bits per heavy atom. The number of nitrogens with zero attached hydrogens (tertiary/aromatic N) is 2. The molecule has 29 heavy (non-hydrogen) atoms. The second-order valence-corrected chi connectivity index (χ2v) is 8.06. The quantitative estimate of drug-likeness (QED) is 0.808. The van der Waals surface area contributed by atoms with Crippen LogP contribution in [0.25, 0.3) is 0 Å². The number of benzene rings is 1. The molecule has 0 aliphatic carbocycles. The Bertz CT molecular complexity index is 812. The van der Waals surface area contributed by atoms with Crippen molar-refractivity contribution in [3.63, 3.8) is 0 Å². The van der Waals surface area contributed by atoms with Gasteiger partial charge in [0.1, 0.15) is 5.60 Å². The molecular formula is C21H27N3O5. The molecule has 2 aromatic rings. The van der Waals surface area contributed by atoms with E-state index in [0.29, 0.717) is 24.5 Å². The van der Waals surface area contributed by atoms with E-state index in [0.717, 1.165) is 18.4 Å². The molecule has 1 aromatic heterocycles. The molecule has 1 atom stereocenters. The van der Waals surface area contributed by atoms with Gasteiger partial charge in [-0.1, -0.05) is 12.1 Å². The number of amides is 2. The minimum absolute atomic E-state index is 0.0203. The lowest BCUT2D eigenvalue weighted by Gasteiger charge is -2.34. The number of nitrogens with one attached hydrogen (secondary N) is 1. The summed E-state index contributed by atoms with van der Waals surface area (Å²) in [5.74, 6) is 0.714. The average molecular weight is 401 g/mol. The molecule has 1 aliphatic rings. The molecule has 1 aromatic carbocycles. The molecule has 1 aliphatic heterocycles. The SMILES string of the molecule is CC(C)(C)OC(=O)N1CCC[C@@H](c2ccc(NC(=O)OCc3cnco3)cc2)C1. The summed E-state index contributed by atoms with van der Waals surface area (Å²) in [6.45, 7) is 6.97.